The van der Waals surface area contributed by atoms with Gasteiger partial charge in [-0.3, -0.25) is 9.69 Å². The SMILES string of the molecule is Cc1cc(C)c(N2C(=O)CSC2=NC(=O)N=CCc2ccc(-c3ncn(-c4ccc(OC(F)(F)F)cc4)n3)cc2)c(C)c1. The van der Waals surface area contributed by atoms with E-state index in [2.05, 4.69) is 24.8 Å². The molecule has 9 nitrogen and oxygen atoms in total. The molecule has 0 N–H and O–H groups in total. The smallest absolute Gasteiger partial charge is 0.406 e. The minimum Gasteiger partial charge on any atom is -0.406 e. The predicted octanol–water partition coefficient (Wildman–Crippen LogP) is 6.63. The number of aryl methyl sites for hydroxylation is 3. The lowest BCUT2D eigenvalue weighted by atomic mass is 10.0. The second-order valence-electron chi connectivity index (χ2n) is 9.71. The molecule has 1 saturated heterocycles. The molecule has 43 heavy (non-hydrogen) atoms. The van der Waals surface area contributed by atoms with E-state index in [0.29, 0.717) is 23.1 Å². The molecule has 0 aliphatic carbocycles. The summed E-state index contributed by atoms with van der Waals surface area (Å²) in [5.74, 6) is 0.162. The molecule has 4 aromatic rings. The number of rotatable bonds is 6. The average Bonchev–Trinajstić information content (AvgIpc) is 3.56. The van der Waals surface area contributed by atoms with Crippen LogP contribution in [0.5, 0.6) is 5.75 Å². The van der Waals surface area contributed by atoms with E-state index in [0.717, 1.165) is 33.5 Å². The number of thioether (sulfide) groups is 1. The zero-order valence-electron chi connectivity index (χ0n) is 23.3. The molecule has 1 aliphatic heterocycles. The molecular weight excluding hydrogens is 581 g/mol. The lowest BCUT2D eigenvalue weighted by molar-refractivity contribution is -0.274. The number of benzene rings is 3. The maximum absolute atomic E-state index is 12.6. The van der Waals surface area contributed by atoms with Crippen LogP contribution in [0, 0.1) is 20.8 Å². The summed E-state index contributed by atoms with van der Waals surface area (Å²) in [6.07, 6.45) is -1.46. The average molecular weight is 607 g/mol. The van der Waals surface area contributed by atoms with Crippen molar-refractivity contribution in [2.24, 2.45) is 9.98 Å². The van der Waals surface area contributed by atoms with Gasteiger partial charge in [0, 0.05) is 18.2 Å². The highest BCUT2D eigenvalue weighted by Gasteiger charge is 2.32. The number of aliphatic imine (C=N–C) groups is 2. The van der Waals surface area contributed by atoms with Gasteiger partial charge < -0.3 is 4.74 Å². The third-order valence-electron chi connectivity index (χ3n) is 6.38. The summed E-state index contributed by atoms with van der Waals surface area (Å²) in [7, 11) is 0. The van der Waals surface area contributed by atoms with Crippen LogP contribution in [0.15, 0.2) is 77.0 Å². The number of carbonyl (C=O) groups is 2. The number of urea groups is 1. The topological polar surface area (TPSA) is 102 Å². The largest absolute Gasteiger partial charge is 0.573 e. The second-order valence-corrected chi connectivity index (χ2v) is 10.7. The van der Waals surface area contributed by atoms with E-state index in [1.807, 2.05) is 57.2 Å². The van der Waals surface area contributed by atoms with Crippen LogP contribution in [-0.4, -0.2) is 50.2 Å². The second kappa shape index (κ2) is 12.2. The number of amidine groups is 1. The van der Waals surface area contributed by atoms with E-state index < -0.39 is 12.4 Å². The van der Waals surface area contributed by atoms with Gasteiger partial charge in [-0.05, 0) is 61.7 Å². The Hall–Kier alpha value is -4.78. The molecule has 0 bridgehead atoms. The first kappa shape index (κ1) is 29.7. The van der Waals surface area contributed by atoms with E-state index >= 15 is 0 Å². The fourth-order valence-electron chi connectivity index (χ4n) is 4.64. The van der Waals surface area contributed by atoms with Crippen LogP contribution < -0.4 is 9.64 Å². The van der Waals surface area contributed by atoms with Gasteiger partial charge in [-0.2, -0.15) is 4.99 Å². The zero-order chi connectivity index (χ0) is 30.7. The third-order valence-corrected chi connectivity index (χ3v) is 7.31. The van der Waals surface area contributed by atoms with Crippen molar-refractivity contribution in [3.8, 4) is 22.8 Å². The van der Waals surface area contributed by atoms with Gasteiger partial charge in [0.25, 0.3) is 0 Å². The molecule has 220 valence electrons. The Bertz CT molecular complexity index is 1710. The van der Waals surface area contributed by atoms with Gasteiger partial charge in [-0.1, -0.05) is 53.7 Å². The highest BCUT2D eigenvalue weighted by Crippen LogP contribution is 2.33. The lowest BCUT2D eigenvalue weighted by Gasteiger charge is -2.21. The summed E-state index contributed by atoms with van der Waals surface area (Å²) < 4.78 is 42.5. The number of amides is 3. The number of anilines is 1. The van der Waals surface area contributed by atoms with E-state index in [1.165, 1.54) is 58.2 Å². The molecule has 1 fully saturated rings. The molecule has 5 rings (SSSR count). The van der Waals surface area contributed by atoms with Crippen molar-refractivity contribution in [2.75, 3.05) is 10.7 Å². The van der Waals surface area contributed by atoms with Crippen molar-refractivity contribution < 1.29 is 27.5 Å². The first-order valence-electron chi connectivity index (χ1n) is 13.0. The van der Waals surface area contributed by atoms with Crippen LogP contribution in [0.1, 0.15) is 22.3 Å². The molecule has 1 aromatic heterocycles. The summed E-state index contributed by atoms with van der Waals surface area (Å²) in [6, 6.07) is 15.9. The molecule has 0 saturated carbocycles. The fraction of sp³-hybridized carbons (Fsp3) is 0.200. The summed E-state index contributed by atoms with van der Waals surface area (Å²) in [4.78, 5) is 39.0. The van der Waals surface area contributed by atoms with Crippen LogP contribution >= 0.6 is 11.8 Å². The molecule has 13 heteroatoms. The molecule has 1 aliphatic rings. The van der Waals surface area contributed by atoms with Gasteiger partial charge in [-0.25, -0.2) is 19.5 Å². The fourth-order valence-corrected chi connectivity index (χ4v) is 5.49. The van der Waals surface area contributed by atoms with Crippen LogP contribution in [-0.2, 0) is 11.2 Å². The molecule has 0 spiro atoms. The molecule has 0 atom stereocenters. The van der Waals surface area contributed by atoms with Gasteiger partial charge in [0.1, 0.15) is 12.1 Å². The molecular formula is C30H25F3N6O3S. The Morgan fingerprint density at radius 3 is 2.37 bits per heavy atom. The minimum atomic E-state index is -4.76. The van der Waals surface area contributed by atoms with Crippen molar-refractivity contribution in [3.05, 3.63) is 89.2 Å². The van der Waals surface area contributed by atoms with Crippen molar-refractivity contribution >= 4 is 40.8 Å². The number of halogens is 3. The molecule has 0 radical (unpaired) electrons. The number of carbonyl (C=O) groups excluding carboxylic acids is 2. The highest BCUT2D eigenvalue weighted by atomic mass is 32.2. The first-order chi connectivity index (χ1) is 20.5. The Labute approximate surface area is 249 Å². The number of hydrogen-bond acceptors (Lipinski definition) is 6. The van der Waals surface area contributed by atoms with Crippen molar-refractivity contribution in [2.45, 2.75) is 33.6 Å². The van der Waals surface area contributed by atoms with Crippen molar-refractivity contribution in [3.63, 3.8) is 0 Å². The van der Waals surface area contributed by atoms with E-state index in [1.54, 1.807) is 0 Å². The number of hydrogen-bond donors (Lipinski definition) is 0. The van der Waals surface area contributed by atoms with Gasteiger partial charge in [0.2, 0.25) is 5.91 Å². The predicted molar refractivity (Wildman–Crippen MR) is 159 cm³/mol. The Morgan fingerprint density at radius 1 is 1.05 bits per heavy atom. The van der Waals surface area contributed by atoms with E-state index in [-0.39, 0.29) is 17.4 Å². The Kier molecular flexibility index (Phi) is 8.44. The monoisotopic (exact) mass is 606 g/mol. The van der Waals surface area contributed by atoms with Gasteiger partial charge in [0.05, 0.1) is 17.1 Å². The van der Waals surface area contributed by atoms with E-state index in [4.69, 9.17) is 0 Å². The summed E-state index contributed by atoms with van der Waals surface area (Å²) in [5, 5.41) is 4.70. The lowest BCUT2D eigenvalue weighted by Crippen LogP contribution is -2.31. The summed E-state index contributed by atoms with van der Waals surface area (Å²) in [5.41, 5.74) is 5.80. The minimum absolute atomic E-state index is 0.136. The molecule has 0 unspecified atom stereocenters. The van der Waals surface area contributed by atoms with Gasteiger partial charge >= 0.3 is 12.4 Å². The summed E-state index contributed by atoms with van der Waals surface area (Å²) >= 11 is 1.21. The third kappa shape index (κ3) is 7.17. The number of alkyl halides is 3. The maximum Gasteiger partial charge on any atom is 0.573 e. The standard InChI is InChI=1S/C30H25F3N6O3S/c1-18-14-19(2)26(20(3)15-18)39-25(40)16-43-29(39)36-28(41)34-13-12-21-4-6-22(7-5-21)27-35-17-38(37-27)23-8-10-24(11-9-23)42-30(31,32)33/h4-11,13-15,17H,12,16H2,1-3H3. The van der Waals surface area contributed by atoms with Crippen LogP contribution in [0.2, 0.25) is 0 Å². The molecule has 2 heterocycles. The quantitative estimate of drug-likeness (QED) is 0.229. The summed E-state index contributed by atoms with van der Waals surface area (Å²) in [6.45, 7) is 5.84. The first-order valence-corrected chi connectivity index (χ1v) is 14.0. The Morgan fingerprint density at radius 2 is 1.72 bits per heavy atom. The van der Waals surface area contributed by atoms with Crippen LogP contribution in [0.3, 0.4) is 0 Å². The maximum atomic E-state index is 12.6. The van der Waals surface area contributed by atoms with Crippen LogP contribution in [0.4, 0.5) is 23.7 Å². The van der Waals surface area contributed by atoms with Crippen LogP contribution in [0.25, 0.3) is 17.1 Å². The van der Waals surface area contributed by atoms with Crippen molar-refractivity contribution in [1.82, 2.24) is 14.8 Å². The number of nitrogens with zero attached hydrogens (tertiary/aromatic N) is 6. The molecule has 3 amide bonds. The number of aromatic nitrogens is 3. The van der Waals surface area contributed by atoms with Gasteiger partial charge in [0.15, 0.2) is 11.0 Å². The van der Waals surface area contributed by atoms with Crippen molar-refractivity contribution in [1.29, 1.82) is 0 Å². The molecule has 3 aromatic carbocycles. The zero-order valence-corrected chi connectivity index (χ0v) is 24.1. The normalized spacial score (nSPS) is 14.7. The Balaban J connectivity index is 1.21. The number of ether oxygens (including phenoxy) is 1. The van der Waals surface area contributed by atoms with E-state index in [9.17, 15) is 22.8 Å². The van der Waals surface area contributed by atoms with Gasteiger partial charge in [-0.15, -0.1) is 18.3 Å². The highest BCUT2D eigenvalue weighted by molar-refractivity contribution is 8.15.